The number of ketones is 1. The van der Waals surface area contributed by atoms with E-state index in [2.05, 4.69) is 5.32 Å². The van der Waals surface area contributed by atoms with Gasteiger partial charge in [-0.1, -0.05) is 72.1 Å². The van der Waals surface area contributed by atoms with E-state index in [0.29, 0.717) is 34.6 Å². The van der Waals surface area contributed by atoms with Gasteiger partial charge in [-0.3, -0.25) is 9.59 Å². The third-order valence-electron chi connectivity index (χ3n) is 5.06. The van der Waals surface area contributed by atoms with Crippen molar-refractivity contribution in [2.75, 3.05) is 11.9 Å². The summed E-state index contributed by atoms with van der Waals surface area (Å²) in [5, 5.41) is 3.89. The molecule has 0 bridgehead atoms. The van der Waals surface area contributed by atoms with Gasteiger partial charge < -0.3 is 14.5 Å². The van der Waals surface area contributed by atoms with Gasteiger partial charge in [0.25, 0.3) is 5.91 Å². The van der Waals surface area contributed by atoms with E-state index in [1.807, 2.05) is 26.0 Å². The van der Waals surface area contributed by atoms with Crippen LogP contribution in [-0.2, 0) is 0 Å². The molecule has 33 heavy (non-hydrogen) atoms. The third-order valence-corrected chi connectivity index (χ3v) is 5.63. The summed E-state index contributed by atoms with van der Waals surface area (Å²) in [6.45, 7) is 4.36. The van der Waals surface area contributed by atoms with Gasteiger partial charge >= 0.3 is 0 Å². The second-order valence-electron chi connectivity index (χ2n) is 7.57. The highest BCUT2D eigenvalue weighted by Crippen LogP contribution is 2.36. The highest BCUT2D eigenvalue weighted by molar-refractivity contribution is 6.38. The number of halogens is 2. The van der Waals surface area contributed by atoms with Crippen LogP contribution in [0.3, 0.4) is 0 Å². The lowest BCUT2D eigenvalue weighted by molar-refractivity contribution is 0.101. The largest absolute Gasteiger partial charge is 0.490 e. The van der Waals surface area contributed by atoms with E-state index in [4.69, 9.17) is 32.4 Å². The minimum Gasteiger partial charge on any atom is -0.490 e. The number of para-hydroxylation sites is 1. The average molecular weight is 482 g/mol. The number of benzene rings is 3. The second kappa shape index (κ2) is 9.69. The van der Waals surface area contributed by atoms with Gasteiger partial charge in [-0.15, -0.1) is 0 Å². The van der Waals surface area contributed by atoms with E-state index in [1.54, 1.807) is 36.4 Å². The van der Waals surface area contributed by atoms with Crippen LogP contribution in [0.1, 0.15) is 45.4 Å². The van der Waals surface area contributed by atoms with Crippen LogP contribution < -0.4 is 10.1 Å². The third kappa shape index (κ3) is 4.75. The standard InChI is InChI=1S/C26H21Cl2NO4/c1-3-12-32-24-19(27)13-17(14-20(24)28)26(31)29-22-18-6-4-5-7-21(18)33-25(22)23(30)16-10-8-15(2)9-11-16/h4-11,13-14H,3,12H2,1-2H3,(H,29,31). The fraction of sp³-hybridized carbons (Fsp3) is 0.154. The molecule has 1 aromatic heterocycles. The lowest BCUT2D eigenvalue weighted by Gasteiger charge is -2.11. The van der Waals surface area contributed by atoms with Crippen LogP contribution in [0.2, 0.25) is 10.0 Å². The van der Waals surface area contributed by atoms with Crippen molar-refractivity contribution in [3.63, 3.8) is 0 Å². The summed E-state index contributed by atoms with van der Waals surface area (Å²) >= 11 is 12.6. The van der Waals surface area contributed by atoms with Gasteiger partial charge in [-0.25, -0.2) is 0 Å². The molecule has 168 valence electrons. The summed E-state index contributed by atoms with van der Waals surface area (Å²) in [5.74, 6) is -0.430. The molecule has 5 nitrogen and oxygen atoms in total. The Labute approximate surface area is 201 Å². The molecule has 0 aliphatic carbocycles. The Bertz CT molecular complexity index is 1320. The average Bonchev–Trinajstić information content (AvgIpc) is 3.17. The van der Waals surface area contributed by atoms with E-state index in [-0.39, 0.29) is 27.2 Å². The topological polar surface area (TPSA) is 68.5 Å². The number of aryl methyl sites for hydroxylation is 1. The minimum atomic E-state index is -0.481. The van der Waals surface area contributed by atoms with Crippen molar-refractivity contribution in [3.05, 3.63) is 93.2 Å². The first-order chi connectivity index (χ1) is 15.9. The zero-order valence-corrected chi connectivity index (χ0v) is 19.6. The number of carbonyl (C=O) groups is 2. The number of carbonyl (C=O) groups excluding carboxylic acids is 2. The van der Waals surface area contributed by atoms with Crippen LogP contribution in [0.25, 0.3) is 11.0 Å². The normalized spacial score (nSPS) is 10.9. The number of ether oxygens (including phenoxy) is 1. The smallest absolute Gasteiger partial charge is 0.255 e. The van der Waals surface area contributed by atoms with Crippen LogP contribution in [0.15, 0.2) is 65.1 Å². The number of rotatable bonds is 7. The summed E-state index contributed by atoms with van der Waals surface area (Å²) < 4.78 is 11.4. The molecule has 0 radical (unpaired) electrons. The van der Waals surface area contributed by atoms with Gasteiger partial charge in [0.1, 0.15) is 5.58 Å². The van der Waals surface area contributed by atoms with Crippen molar-refractivity contribution < 1.29 is 18.7 Å². The van der Waals surface area contributed by atoms with Crippen molar-refractivity contribution in [3.8, 4) is 5.75 Å². The van der Waals surface area contributed by atoms with Crippen molar-refractivity contribution in [2.24, 2.45) is 0 Å². The van der Waals surface area contributed by atoms with E-state index < -0.39 is 5.91 Å². The van der Waals surface area contributed by atoms with Gasteiger partial charge in [0.15, 0.2) is 11.5 Å². The number of fused-ring (bicyclic) bond motifs is 1. The summed E-state index contributed by atoms with van der Waals surface area (Å²) in [6.07, 6.45) is 0.792. The first-order valence-corrected chi connectivity index (χ1v) is 11.2. The van der Waals surface area contributed by atoms with Crippen LogP contribution in [0.5, 0.6) is 5.75 Å². The second-order valence-corrected chi connectivity index (χ2v) is 8.38. The maximum absolute atomic E-state index is 13.2. The summed E-state index contributed by atoms with van der Waals surface area (Å²) in [4.78, 5) is 26.3. The summed E-state index contributed by atoms with van der Waals surface area (Å²) in [5.41, 5.74) is 2.50. The maximum Gasteiger partial charge on any atom is 0.255 e. The summed E-state index contributed by atoms with van der Waals surface area (Å²) in [6, 6.07) is 17.2. The Hall–Kier alpha value is -3.28. The Morgan fingerprint density at radius 1 is 0.970 bits per heavy atom. The molecule has 4 aromatic rings. The molecule has 0 aliphatic heterocycles. The number of amides is 1. The molecule has 0 saturated carbocycles. The molecule has 0 unspecified atom stereocenters. The molecule has 3 aromatic carbocycles. The molecule has 0 aliphatic rings. The SMILES string of the molecule is CCCOc1c(Cl)cc(C(=O)Nc2c(C(=O)c3ccc(C)cc3)oc3ccccc23)cc1Cl. The molecule has 0 spiro atoms. The lowest BCUT2D eigenvalue weighted by atomic mass is 10.1. The molecule has 1 heterocycles. The first-order valence-electron chi connectivity index (χ1n) is 10.4. The molecule has 0 saturated heterocycles. The molecular weight excluding hydrogens is 461 g/mol. The molecule has 1 N–H and O–H groups in total. The molecule has 0 fully saturated rings. The van der Waals surface area contributed by atoms with Gasteiger partial charge in [0.05, 0.1) is 22.3 Å². The molecular formula is C26H21Cl2NO4. The van der Waals surface area contributed by atoms with E-state index in [9.17, 15) is 9.59 Å². The predicted octanol–water partition coefficient (Wildman–Crippen LogP) is 7.32. The maximum atomic E-state index is 13.2. The monoisotopic (exact) mass is 481 g/mol. The fourth-order valence-corrected chi connectivity index (χ4v) is 3.98. The van der Waals surface area contributed by atoms with Crippen molar-refractivity contribution in [2.45, 2.75) is 20.3 Å². The van der Waals surface area contributed by atoms with Crippen molar-refractivity contribution in [1.82, 2.24) is 0 Å². The number of anilines is 1. The minimum absolute atomic E-state index is 0.0495. The van der Waals surface area contributed by atoms with E-state index in [1.165, 1.54) is 12.1 Å². The van der Waals surface area contributed by atoms with E-state index in [0.717, 1.165) is 12.0 Å². The van der Waals surface area contributed by atoms with Crippen molar-refractivity contribution in [1.29, 1.82) is 0 Å². The molecule has 4 rings (SSSR count). The van der Waals surface area contributed by atoms with Gasteiger partial charge in [0, 0.05) is 16.5 Å². The Kier molecular flexibility index (Phi) is 6.72. The number of hydrogen-bond donors (Lipinski definition) is 1. The van der Waals surface area contributed by atoms with Gasteiger partial charge in [-0.05, 0) is 37.6 Å². The van der Waals surface area contributed by atoms with Crippen LogP contribution in [0.4, 0.5) is 5.69 Å². The van der Waals surface area contributed by atoms with E-state index >= 15 is 0 Å². The fourth-order valence-electron chi connectivity index (χ4n) is 3.38. The highest BCUT2D eigenvalue weighted by atomic mass is 35.5. The zero-order valence-electron chi connectivity index (χ0n) is 18.1. The van der Waals surface area contributed by atoms with Crippen molar-refractivity contribution >= 4 is 51.5 Å². The first kappa shape index (κ1) is 22.9. The molecule has 0 atom stereocenters. The number of nitrogens with one attached hydrogen (secondary N) is 1. The summed E-state index contributed by atoms with van der Waals surface area (Å²) in [7, 11) is 0. The molecule has 7 heteroatoms. The Balaban J connectivity index is 1.71. The zero-order chi connectivity index (χ0) is 23.5. The van der Waals surface area contributed by atoms with Gasteiger partial charge in [0.2, 0.25) is 5.78 Å². The number of hydrogen-bond acceptors (Lipinski definition) is 4. The number of furan rings is 1. The van der Waals surface area contributed by atoms with Gasteiger partial charge in [-0.2, -0.15) is 0 Å². The quantitative estimate of drug-likeness (QED) is 0.280. The van der Waals surface area contributed by atoms with Crippen LogP contribution in [-0.4, -0.2) is 18.3 Å². The Morgan fingerprint density at radius 3 is 2.30 bits per heavy atom. The van der Waals surface area contributed by atoms with Crippen LogP contribution >= 0.6 is 23.2 Å². The van der Waals surface area contributed by atoms with Crippen LogP contribution in [0, 0.1) is 6.92 Å². The Morgan fingerprint density at radius 2 is 1.64 bits per heavy atom. The lowest BCUT2D eigenvalue weighted by Crippen LogP contribution is -2.14. The highest BCUT2D eigenvalue weighted by Gasteiger charge is 2.24. The predicted molar refractivity (Wildman–Crippen MR) is 131 cm³/mol. The molecule has 1 amide bonds.